The quantitative estimate of drug-likeness (QED) is 0.400. The molecule has 1 aliphatic rings. The molecular formula is C23H29N7OS2. The summed E-state index contributed by atoms with van der Waals surface area (Å²) in [4.78, 5) is 30.1. The molecule has 0 saturated carbocycles. The number of anilines is 2. The van der Waals surface area contributed by atoms with E-state index in [4.69, 9.17) is 0 Å². The van der Waals surface area contributed by atoms with Crippen LogP contribution in [-0.2, 0) is 12.8 Å². The standard InChI is InChI=1S/C23H29N7OS2/c1-30(2)12-9-18(16-6-4-3-5-7-16)28-22(31)29-23-25-14-17(33-23)8-11-24-21-20-19(10-13-32-20)26-15-27-21/h3-7,14-15,18H,8-13H2,1-2H3,(H,24,26,27)(H2,25,28,29,31). The zero-order valence-corrected chi connectivity index (χ0v) is 20.5. The van der Waals surface area contributed by atoms with Gasteiger partial charge < -0.3 is 15.5 Å². The van der Waals surface area contributed by atoms with Crippen LogP contribution in [0.2, 0.25) is 0 Å². The average molecular weight is 484 g/mol. The summed E-state index contributed by atoms with van der Waals surface area (Å²) in [6.45, 7) is 1.63. The number of aryl methyl sites for hydroxylation is 1. The second-order valence-electron chi connectivity index (χ2n) is 8.06. The lowest BCUT2D eigenvalue weighted by molar-refractivity contribution is 0.246. The minimum absolute atomic E-state index is 0.0651. The Balaban J connectivity index is 1.28. The fourth-order valence-corrected chi connectivity index (χ4v) is 5.48. The summed E-state index contributed by atoms with van der Waals surface area (Å²) in [6.07, 6.45) is 6.08. The van der Waals surface area contributed by atoms with Crippen LogP contribution in [0.3, 0.4) is 0 Å². The molecule has 10 heteroatoms. The largest absolute Gasteiger partial charge is 0.369 e. The van der Waals surface area contributed by atoms with Crippen molar-refractivity contribution in [1.29, 1.82) is 0 Å². The van der Waals surface area contributed by atoms with Crippen molar-refractivity contribution in [2.75, 3.05) is 43.6 Å². The highest BCUT2D eigenvalue weighted by Crippen LogP contribution is 2.34. The molecule has 2 amide bonds. The number of carbonyl (C=O) groups excluding carboxylic acids is 1. The van der Waals surface area contributed by atoms with E-state index in [1.807, 2.05) is 50.6 Å². The fraction of sp³-hybridized carbons (Fsp3) is 0.391. The molecule has 0 bridgehead atoms. The molecule has 4 rings (SSSR count). The lowest BCUT2D eigenvalue weighted by atomic mass is 10.0. The molecule has 3 aromatic rings. The molecule has 0 aliphatic carbocycles. The van der Waals surface area contributed by atoms with Crippen LogP contribution >= 0.6 is 23.1 Å². The second kappa shape index (κ2) is 11.4. The number of nitrogens with zero attached hydrogens (tertiary/aromatic N) is 4. The minimum atomic E-state index is -0.241. The Hall–Kier alpha value is -2.69. The van der Waals surface area contributed by atoms with Crippen molar-refractivity contribution in [3.8, 4) is 0 Å². The number of benzene rings is 1. The van der Waals surface area contributed by atoms with Crippen LogP contribution in [0.4, 0.5) is 15.7 Å². The lowest BCUT2D eigenvalue weighted by Crippen LogP contribution is -2.34. The third-order valence-corrected chi connectivity index (χ3v) is 7.37. The highest BCUT2D eigenvalue weighted by molar-refractivity contribution is 7.99. The number of urea groups is 1. The Morgan fingerprint density at radius 3 is 2.85 bits per heavy atom. The molecular weight excluding hydrogens is 454 g/mol. The number of hydrogen-bond donors (Lipinski definition) is 3. The predicted molar refractivity (Wildman–Crippen MR) is 135 cm³/mol. The molecule has 1 aromatic carbocycles. The Labute approximate surface area is 202 Å². The van der Waals surface area contributed by atoms with Gasteiger partial charge in [-0.2, -0.15) is 0 Å². The fourth-order valence-electron chi connectivity index (χ4n) is 3.59. The SMILES string of the molecule is CN(C)CCC(NC(=O)Nc1ncc(CCNc2ncnc3c2SCC3)s1)c1ccccc1. The van der Waals surface area contributed by atoms with Gasteiger partial charge in [-0.15, -0.1) is 23.1 Å². The van der Waals surface area contributed by atoms with E-state index in [1.54, 1.807) is 18.1 Å². The molecule has 0 spiro atoms. The van der Waals surface area contributed by atoms with E-state index in [9.17, 15) is 4.79 Å². The topological polar surface area (TPSA) is 95.1 Å². The van der Waals surface area contributed by atoms with Crippen LogP contribution in [0.25, 0.3) is 0 Å². The number of thioether (sulfide) groups is 1. The van der Waals surface area contributed by atoms with Crippen LogP contribution in [0, 0.1) is 0 Å². The zero-order valence-electron chi connectivity index (χ0n) is 18.9. The van der Waals surface area contributed by atoms with Gasteiger partial charge in [-0.25, -0.2) is 19.7 Å². The van der Waals surface area contributed by atoms with Gasteiger partial charge in [0, 0.05) is 36.2 Å². The van der Waals surface area contributed by atoms with Gasteiger partial charge in [0.25, 0.3) is 0 Å². The summed E-state index contributed by atoms with van der Waals surface area (Å²) in [5, 5.41) is 10.00. The molecule has 174 valence electrons. The van der Waals surface area contributed by atoms with E-state index in [0.717, 1.165) is 60.1 Å². The van der Waals surface area contributed by atoms with Crippen molar-refractivity contribution in [3.63, 3.8) is 0 Å². The maximum atomic E-state index is 12.7. The summed E-state index contributed by atoms with van der Waals surface area (Å²) in [6, 6.07) is 9.75. The molecule has 8 nitrogen and oxygen atoms in total. The monoisotopic (exact) mass is 483 g/mol. The third-order valence-electron chi connectivity index (χ3n) is 5.27. The number of nitrogens with one attached hydrogen (secondary N) is 3. The number of thiazole rings is 1. The number of amides is 2. The number of rotatable bonds is 10. The van der Waals surface area contributed by atoms with Crippen LogP contribution in [0.1, 0.15) is 28.6 Å². The van der Waals surface area contributed by atoms with Gasteiger partial charge in [0.1, 0.15) is 12.1 Å². The van der Waals surface area contributed by atoms with Gasteiger partial charge in [0.15, 0.2) is 5.13 Å². The van der Waals surface area contributed by atoms with Gasteiger partial charge in [0.05, 0.1) is 16.6 Å². The van der Waals surface area contributed by atoms with Gasteiger partial charge in [0.2, 0.25) is 0 Å². The number of carbonyl (C=O) groups is 1. The maximum absolute atomic E-state index is 12.7. The molecule has 1 atom stereocenters. The summed E-state index contributed by atoms with van der Waals surface area (Å²) < 4.78 is 0. The van der Waals surface area contributed by atoms with Crippen molar-refractivity contribution in [2.45, 2.75) is 30.2 Å². The molecule has 1 aliphatic heterocycles. The molecule has 0 fully saturated rings. The van der Waals surface area contributed by atoms with Crippen LogP contribution in [0.15, 0.2) is 47.8 Å². The Morgan fingerprint density at radius 2 is 2.03 bits per heavy atom. The predicted octanol–water partition coefficient (Wildman–Crippen LogP) is 4.05. The molecule has 3 heterocycles. The number of aromatic nitrogens is 3. The van der Waals surface area contributed by atoms with Crippen molar-refractivity contribution in [3.05, 3.63) is 59.0 Å². The highest BCUT2D eigenvalue weighted by atomic mass is 32.2. The summed E-state index contributed by atoms with van der Waals surface area (Å²) >= 11 is 3.30. The Kier molecular flexibility index (Phi) is 8.14. The molecule has 2 aromatic heterocycles. The first-order valence-corrected chi connectivity index (χ1v) is 12.8. The normalized spacial score (nSPS) is 13.5. The maximum Gasteiger partial charge on any atom is 0.321 e. The second-order valence-corrected chi connectivity index (χ2v) is 10.3. The molecule has 33 heavy (non-hydrogen) atoms. The average Bonchev–Trinajstić information content (AvgIpc) is 3.47. The Morgan fingerprint density at radius 1 is 1.18 bits per heavy atom. The van der Waals surface area contributed by atoms with Crippen LogP contribution in [-0.4, -0.2) is 58.8 Å². The first kappa shape index (κ1) is 23.5. The number of fused-ring (bicyclic) bond motifs is 1. The van der Waals surface area contributed by atoms with Crippen molar-refractivity contribution < 1.29 is 4.79 Å². The van der Waals surface area contributed by atoms with E-state index in [1.165, 1.54) is 16.2 Å². The number of hydrogen-bond acceptors (Lipinski definition) is 8. The van der Waals surface area contributed by atoms with E-state index in [0.29, 0.717) is 5.13 Å². The molecule has 0 saturated heterocycles. The lowest BCUT2D eigenvalue weighted by Gasteiger charge is -2.21. The first-order chi connectivity index (χ1) is 16.1. The minimum Gasteiger partial charge on any atom is -0.369 e. The van der Waals surface area contributed by atoms with Crippen molar-refractivity contribution >= 4 is 40.1 Å². The van der Waals surface area contributed by atoms with Crippen molar-refractivity contribution in [1.82, 2.24) is 25.2 Å². The zero-order chi connectivity index (χ0) is 23.0. The molecule has 3 N–H and O–H groups in total. The summed E-state index contributed by atoms with van der Waals surface area (Å²) in [5.41, 5.74) is 2.22. The molecule has 1 unspecified atom stereocenters. The summed E-state index contributed by atoms with van der Waals surface area (Å²) in [7, 11) is 4.07. The van der Waals surface area contributed by atoms with Gasteiger partial charge in [-0.1, -0.05) is 30.3 Å². The van der Waals surface area contributed by atoms with Crippen LogP contribution < -0.4 is 16.0 Å². The first-order valence-electron chi connectivity index (χ1n) is 11.0. The van der Waals surface area contributed by atoms with E-state index < -0.39 is 0 Å². The van der Waals surface area contributed by atoms with Gasteiger partial charge in [-0.05, 0) is 32.6 Å². The third kappa shape index (κ3) is 6.66. The highest BCUT2D eigenvalue weighted by Gasteiger charge is 2.18. The summed E-state index contributed by atoms with van der Waals surface area (Å²) in [5.74, 6) is 1.98. The van der Waals surface area contributed by atoms with E-state index >= 15 is 0 Å². The smallest absolute Gasteiger partial charge is 0.321 e. The van der Waals surface area contributed by atoms with Gasteiger partial charge >= 0.3 is 6.03 Å². The van der Waals surface area contributed by atoms with Crippen molar-refractivity contribution in [2.24, 2.45) is 0 Å². The van der Waals surface area contributed by atoms with E-state index in [2.05, 4.69) is 35.8 Å². The van der Waals surface area contributed by atoms with Gasteiger partial charge in [-0.3, -0.25) is 5.32 Å². The Bertz CT molecular complexity index is 1060. The van der Waals surface area contributed by atoms with Crippen LogP contribution in [0.5, 0.6) is 0 Å². The molecule has 0 radical (unpaired) electrons. The van der Waals surface area contributed by atoms with E-state index in [-0.39, 0.29) is 12.1 Å².